The lowest BCUT2D eigenvalue weighted by molar-refractivity contribution is -0.113. The van der Waals surface area contributed by atoms with Crippen molar-refractivity contribution in [2.75, 3.05) is 11.1 Å². The number of ketones is 1. The van der Waals surface area contributed by atoms with E-state index in [0.717, 1.165) is 23.1 Å². The summed E-state index contributed by atoms with van der Waals surface area (Å²) in [6, 6.07) is 0. The third-order valence-corrected chi connectivity index (χ3v) is 5.50. The lowest BCUT2D eigenvalue weighted by atomic mass is 9.78. The molecular weight excluding hydrogens is 362 g/mol. The Kier molecular flexibility index (Phi) is 4.74. The van der Waals surface area contributed by atoms with Crippen molar-refractivity contribution in [1.29, 1.82) is 0 Å². The summed E-state index contributed by atoms with van der Waals surface area (Å²) in [5.41, 5.74) is 0.339. The minimum Gasteiger partial charge on any atom is -0.301 e. The summed E-state index contributed by atoms with van der Waals surface area (Å²) in [7, 11) is 0. The summed E-state index contributed by atoms with van der Waals surface area (Å²) in [5, 5.41) is 10.9. The first-order valence-electron chi connectivity index (χ1n) is 7.63. The molecule has 0 saturated carbocycles. The Balaban J connectivity index is 1.63. The van der Waals surface area contributed by atoms with Gasteiger partial charge in [0.05, 0.1) is 5.75 Å². The Bertz CT molecular complexity index is 903. The molecule has 0 spiro atoms. The van der Waals surface area contributed by atoms with Crippen molar-refractivity contribution < 1.29 is 9.59 Å². The highest BCUT2D eigenvalue weighted by atomic mass is 32.2. The second-order valence-electron chi connectivity index (χ2n) is 6.61. The fourth-order valence-electron chi connectivity index (χ4n) is 2.49. The summed E-state index contributed by atoms with van der Waals surface area (Å²) in [5.74, 6) is -0.215. The van der Waals surface area contributed by atoms with Gasteiger partial charge >= 0.3 is 0 Å². The zero-order valence-electron chi connectivity index (χ0n) is 14.0. The predicted octanol–water partition coefficient (Wildman–Crippen LogP) is 1.82. The molecule has 25 heavy (non-hydrogen) atoms. The molecule has 2 heterocycles. The van der Waals surface area contributed by atoms with Crippen LogP contribution in [0.1, 0.15) is 41.3 Å². The molecule has 0 bridgehead atoms. The van der Waals surface area contributed by atoms with Gasteiger partial charge in [-0.1, -0.05) is 25.6 Å². The van der Waals surface area contributed by atoms with Gasteiger partial charge in [-0.3, -0.25) is 19.4 Å². The zero-order chi connectivity index (χ0) is 18.2. The van der Waals surface area contributed by atoms with Gasteiger partial charge in [-0.05, 0) is 18.8 Å². The van der Waals surface area contributed by atoms with Crippen molar-refractivity contribution in [2.24, 2.45) is 5.41 Å². The number of nitrogens with one attached hydrogen (secondary N) is 2. The van der Waals surface area contributed by atoms with E-state index < -0.39 is 0 Å². The third kappa shape index (κ3) is 4.13. The van der Waals surface area contributed by atoms with Crippen LogP contribution in [0, 0.1) is 12.3 Å². The van der Waals surface area contributed by atoms with E-state index in [1.165, 1.54) is 11.3 Å². The van der Waals surface area contributed by atoms with Crippen LogP contribution in [0.2, 0.25) is 0 Å². The second kappa shape index (κ2) is 6.68. The lowest BCUT2D eigenvalue weighted by Crippen LogP contribution is -2.26. The Morgan fingerprint density at radius 1 is 1.32 bits per heavy atom. The topological polar surface area (TPSA) is 118 Å². The fraction of sp³-hybridized carbons (Fsp3) is 0.467. The minimum absolute atomic E-state index is 0.0184. The first-order valence-corrected chi connectivity index (χ1v) is 9.43. The first kappa shape index (κ1) is 17.7. The molecular formula is C15H17N5O3S2. The zero-order valence-corrected chi connectivity index (χ0v) is 15.6. The van der Waals surface area contributed by atoms with E-state index in [2.05, 4.69) is 25.5 Å². The summed E-state index contributed by atoms with van der Waals surface area (Å²) in [6.45, 7) is 5.65. The van der Waals surface area contributed by atoms with Crippen LogP contribution >= 0.6 is 23.1 Å². The van der Waals surface area contributed by atoms with E-state index in [9.17, 15) is 14.4 Å². The Labute approximate surface area is 151 Å². The number of carbonyl (C=O) groups is 2. The van der Waals surface area contributed by atoms with E-state index >= 15 is 0 Å². The normalized spacial score (nSPS) is 15.7. The van der Waals surface area contributed by atoms with Crippen LogP contribution in [-0.2, 0) is 11.2 Å². The molecule has 10 heteroatoms. The van der Waals surface area contributed by atoms with Crippen LogP contribution in [0.15, 0.2) is 9.95 Å². The van der Waals surface area contributed by atoms with Gasteiger partial charge in [-0.2, -0.15) is 0 Å². The Hall–Kier alpha value is -2.07. The largest absolute Gasteiger partial charge is 0.301 e. The Morgan fingerprint density at radius 2 is 2.08 bits per heavy atom. The number of aryl methyl sites for hydroxylation is 1. The summed E-state index contributed by atoms with van der Waals surface area (Å²) in [6.07, 6.45) is 1.24. The van der Waals surface area contributed by atoms with Gasteiger partial charge in [0.25, 0.3) is 5.56 Å². The number of H-pyrrole nitrogens is 1. The molecule has 0 radical (unpaired) electrons. The summed E-state index contributed by atoms with van der Waals surface area (Å²) < 4.78 is 0. The van der Waals surface area contributed by atoms with Crippen molar-refractivity contribution in [2.45, 2.75) is 38.8 Å². The fourth-order valence-corrected chi connectivity index (χ4v) is 4.35. The van der Waals surface area contributed by atoms with Crippen molar-refractivity contribution in [3.8, 4) is 0 Å². The number of anilines is 1. The van der Waals surface area contributed by atoms with Gasteiger partial charge in [0, 0.05) is 11.3 Å². The number of carbonyl (C=O) groups excluding carboxylic acids is 2. The first-order chi connectivity index (χ1) is 11.7. The maximum atomic E-state index is 12.1. The second-order valence-corrected chi connectivity index (χ2v) is 8.66. The average molecular weight is 379 g/mol. The molecule has 1 amide bonds. The molecule has 0 saturated heterocycles. The molecule has 8 nitrogen and oxygen atoms in total. The predicted molar refractivity (Wildman–Crippen MR) is 95.3 cm³/mol. The van der Waals surface area contributed by atoms with Crippen molar-refractivity contribution in [1.82, 2.24) is 20.2 Å². The highest BCUT2D eigenvalue weighted by Gasteiger charge is 2.34. The smallest absolute Gasteiger partial charge is 0.273 e. The van der Waals surface area contributed by atoms with Crippen molar-refractivity contribution in [3.63, 3.8) is 0 Å². The van der Waals surface area contributed by atoms with Crippen LogP contribution < -0.4 is 10.9 Å². The van der Waals surface area contributed by atoms with E-state index in [4.69, 9.17) is 0 Å². The van der Waals surface area contributed by atoms with Gasteiger partial charge in [0.15, 0.2) is 16.1 Å². The molecule has 0 fully saturated rings. The highest BCUT2D eigenvalue weighted by Crippen LogP contribution is 2.38. The molecule has 2 N–H and O–H groups in total. The molecule has 3 rings (SSSR count). The summed E-state index contributed by atoms with van der Waals surface area (Å²) in [4.78, 5) is 43.4. The molecule has 0 aliphatic heterocycles. The van der Waals surface area contributed by atoms with E-state index in [1.807, 2.05) is 13.8 Å². The number of hydrogen-bond donors (Lipinski definition) is 2. The number of Topliss-reactive ketones (excluding diaryl/α,β-unsaturated/α-hetero) is 1. The Morgan fingerprint density at radius 3 is 2.80 bits per heavy atom. The number of nitrogens with zero attached hydrogens (tertiary/aromatic N) is 3. The quantitative estimate of drug-likeness (QED) is 0.778. The molecule has 0 unspecified atom stereocenters. The molecule has 132 valence electrons. The SMILES string of the molecule is Cc1nnc(SCC(=O)Nc2nc3c(s2)CC(C)(C)CC3=O)[nH]c1=O. The van der Waals surface area contributed by atoms with Crippen LogP contribution in [0.4, 0.5) is 5.13 Å². The van der Waals surface area contributed by atoms with Gasteiger partial charge in [-0.15, -0.1) is 21.5 Å². The molecule has 1 aliphatic rings. The van der Waals surface area contributed by atoms with Crippen LogP contribution in [0.3, 0.4) is 0 Å². The minimum atomic E-state index is -0.327. The number of thioether (sulfide) groups is 1. The van der Waals surface area contributed by atoms with Gasteiger partial charge in [-0.25, -0.2) is 4.98 Å². The van der Waals surface area contributed by atoms with E-state index in [1.54, 1.807) is 6.92 Å². The lowest BCUT2D eigenvalue weighted by Gasteiger charge is -2.26. The molecule has 0 aromatic carbocycles. The molecule has 2 aromatic heterocycles. The van der Waals surface area contributed by atoms with Gasteiger partial charge < -0.3 is 5.32 Å². The number of rotatable bonds is 4. The van der Waals surface area contributed by atoms with E-state index in [0.29, 0.717) is 17.2 Å². The number of fused-ring (bicyclic) bond motifs is 1. The molecule has 2 aromatic rings. The van der Waals surface area contributed by atoms with Gasteiger partial charge in [0.1, 0.15) is 11.4 Å². The standard InChI is InChI=1S/C15H17N5O3S2/c1-7-12(23)18-14(20-19-7)24-6-10(22)16-13-17-11-8(21)4-15(2,3)5-9(11)25-13/h4-6H2,1-3H3,(H,16,17,22)(H,18,20,23). The van der Waals surface area contributed by atoms with Gasteiger partial charge in [0.2, 0.25) is 5.91 Å². The summed E-state index contributed by atoms with van der Waals surface area (Å²) >= 11 is 2.41. The van der Waals surface area contributed by atoms with Crippen molar-refractivity contribution >= 4 is 39.9 Å². The van der Waals surface area contributed by atoms with Crippen LogP contribution in [0.5, 0.6) is 0 Å². The number of aromatic nitrogens is 4. The number of hydrogen-bond acceptors (Lipinski definition) is 8. The number of aromatic amines is 1. The third-order valence-electron chi connectivity index (χ3n) is 3.67. The van der Waals surface area contributed by atoms with E-state index in [-0.39, 0.29) is 39.3 Å². The maximum Gasteiger partial charge on any atom is 0.273 e. The van der Waals surface area contributed by atoms with Crippen LogP contribution in [0.25, 0.3) is 0 Å². The molecule has 1 aliphatic carbocycles. The molecule has 0 atom stereocenters. The van der Waals surface area contributed by atoms with Crippen molar-refractivity contribution in [3.05, 3.63) is 26.6 Å². The highest BCUT2D eigenvalue weighted by molar-refractivity contribution is 7.99. The average Bonchev–Trinajstić information content (AvgIpc) is 2.89. The maximum absolute atomic E-state index is 12.1. The number of thiazole rings is 1. The number of amides is 1. The monoisotopic (exact) mass is 379 g/mol. The van der Waals surface area contributed by atoms with Crippen LogP contribution in [-0.4, -0.2) is 37.6 Å².